The molecule has 27 heavy (non-hydrogen) atoms. The Kier molecular flexibility index (Phi) is 6.52. The minimum Gasteiger partial charge on any atom is -0.354 e. The summed E-state index contributed by atoms with van der Waals surface area (Å²) in [5.74, 6) is 0.296. The van der Waals surface area contributed by atoms with E-state index in [-0.39, 0.29) is 5.91 Å². The molecule has 0 spiro atoms. The average molecular weight is 360 g/mol. The predicted molar refractivity (Wildman–Crippen MR) is 108 cm³/mol. The van der Waals surface area contributed by atoms with Gasteiger partial charge in [0.05, 0.1) is 0 Å². The van der Waals surface area contributed by atoms with Crippen molar-refractivity contribution >= 4 is 11.9 Å². The Morgan fingerprint density at radius 2 is 1.59 bits per heavy atom. The molecule has 5 heteroatoms. The van der Waals surface area contributed by atoms with Crippen molar-refractivity contribution in [3.05, 3.63) is 89.2 Å². The zero-order chi connectivity index (χ0) is 18.9. The van der Waals surface area contributed by atoms with E-state index in [4.69, 9.17) is 0 Å². The van der Waals surface area contributed by atoms with E-state index < -0.39 is 0 Å². The molecule has 0 saturated carbocycles. The summed E-state index contributed by atoms with van der Waals surface area (Å²) < 4.78 is 0. The van der Waals surface area contributed by atoms with Gasteiger partial charge in [0.15, 0.2) is 0 Å². The SMILES string of the molecule is Cc1cc(C(=O)NCc2ccccc2)nc(NCCCc2ccccc2)n1. The number of carbonyl (C=O) groups excluding carboxylic acids is 1. The number of aryl methyl sites for hydroxylation is 2. The molecule has 0 aliphatic heterocycles. The van der Waals surface area contributed by atoms with Crippen LogP contribution in [0.4, 0.5) is 5.95 Å². The first-order chi connectivity index (χ1) is 13.2. The van der Waals surface area contributed by atoms with Crippen LogP contribution >= 0.6 is 0 Å². The van der Waals surface area contributed by atoms with Gasteiger partial charge in [-0.15, -0.1) is 0 Å². The van der Waals surface area contributed by atoms with E-state index in [9.17, 15) is 4.79 Å². The standard InChI is InChI=1S/C22H24N4O/c1-17-15-20(21(27)24-16-19-11-6-3-7-12-19)26-22(25-17)23-14-8-13-18-9-4-2-5-10-18/h2-7,9-12,15H,8,13-14,16H2,1H3,(H,24,27)(H,23,25,26). The summed E-state index contributed by atoms with van der Waals surface area (Å²) in [6.45, 7) is 3.09. The molecule has 138 valence electrons. The zero-order valence-electron chi connectivity index (χ0n) is 15.5. The Bertz CT molecular complexity index is 866. The largest absolute Gasteiger partial charge is 0.354 e. The number of nitrogens with zero attached hydrogens (tertiary/aromatic N) is 2. The van der Waals surface area contributed by atoms with Crippen LogP contribution < -0.4 is 10.6 Å². The van der Waals surface area contributed by atoms with Crippen molar-refractivity contribution in [3.63, 3.8) is 0 Å². The van der Waals surface area contributed by atoms with Crippen LogP contribution in [-0.4, -0.2) is 22.4 Å². The summed E-state index contributed by atoms with van der Waals surface area (Å²) in [6.07, 6.45) is 1.96. The fourth-order valence-electron chi connectivity index (χ4n) is 2.77. The number of carbonyl (C=O) groups is 1. The van der Waals surface area contributed by atoms with Gasteiger partial charge in [-0.05, 0) is 37.0 Å². The fraction of sp³-hybridized carbons (Fsp3) is 0.227. The van der Waals surface area contributed by atoms with Crippen LogP contribution in [0.25, 0.3) is 0 Å². The number of hydrogen-bond donors (Lipinski definition) is 2. The quantitative estimate of drug-likeness (QED) is 0.600. The lowest BCUT2D eigenvalue weighted by atomic mass is 10.1. The van der Waals surface area contributed by atoms with E-state index in [1.54, 1.807) is 6.07 Å². The minimum atomic E-state index is -0.198. The van der Waals surface area contributed by atoms with Gasteiger partial charge in [0.1, 0.15) is 5.69 Å². The number of anilines is 1. The number of aromatic nitrogens is 2. The number of benzene rings is 2. The third-order valence-corrected chi connectivity index (χ3v) is 4.15. The Morgan fingerprint density at radius 3 is 2.30 bits per heavy atom. The maximum atomic E-state index is 12.4. The Morgan fingerprint density at radius 1 is 0.926 bits per heavy atom. The highest BCUT2D eigenvalue weighted by Crippen LogP contribution is 2.07. The van der Waals surface area contributed by atoms with Gasteiger partial charge in [-0.3, -0.25) is 4.79 Å². The average Bonchev–Trinajstić information content (AvgIpc) is 2.70. The third-order valence-electron chi connectivity index (χ3n) is 4.15. The highest BCUT2D eigenvalue weighted by Gasteiger charge is 2.10. The van der Waals surface area contributed by atoms with Crippen molar-refractivity contribution in [2.45, 2.75) is 26.3 Å². The van der Waals surface area contributed by atoms with Gasteiger partial charge in [-0.2, -0.15) is 0 Å². The predicted octanol–water partition coefficient (Wildman–Crippen LogP) is 3.76. The van der Waals surface area contributed by atoms with E-state index in [1.807, 2.05) is 55.5 Å². The van der Waals surface area contributed by atoms with Crippen molar-refractivity contribution in [3.8, 4) is 0 Å². The molecule has 0 unspecified atom stereocenters. The van der Waals surface area contributed by atoms with E-state index in [2.05, 4.69) is 32.7 Å². The minimum absolute atomic E-state index is 0.198. The molecule has 1 aromatic heterocycles. The van der Waals surface area contributed by atoms with Gasteiger partial charge in [0.2, 0.25) is 5.95 Å². The first-order valence-corrected chi connectivity index (χ1v) is 9.16. The first-order valence-electron chi connectivity index (χ1n) is 9.16. The molecule has 0 bridgehead atoms. The molecule has 0 atom stereocenters. The summed E-state index contributed by atoms with van der Waals surface area (Å²) >= 11 is 0. The van der Waals surface area contributed by atoms with Crippen LogP contribution in [0.15, 0.2) is 66.7 Å². The molecule has 5 nitrogen and oxygen atoms in total. The van der Waals surface area contributed by atoms with Gasteiger partial charge < -0.3 is 10.6 Å². The smallest absolute Gasteiger partial charge is 0.270 e. The highest BCUT2D eigenvalue weighted by atomic mass is 16.1. The molecule has 0 aliphatic rings. The summed E-state index contributed by atoms with van der Waals surface area (Å²) in [7, 11) is 0. The number of hydrogen-bond acceptors (Lipinski definition) is 4. The second kappa shape index (κ2) is 9.48. The maximum Gasteiger partial charge on any atom is 0.270 e. The van der Waals surface area contributed by atoms with Crippen molar-refractivity contribution in [1.82, 2.24) is 15.3 Å². The van der Waals surface area contributed by atoms with E-state index in [0.717, 1.165) is 30.6 Å². The van der Waals surface area contributed by atoms with E-state index in [0.29, 0.717) is 18.2 Å². The number of rotatable bonds is 8. The van der Waals surface area contributed by atoms with E-state index in [1.165, 1.54) is 5.56 Å². The van der Waals surface area contributed by atoms with Crippen molar-refractivity contribution < 1.29 is 4.79 Å². The first kappa shape index (κ1) is 18.6. The normalized spacial score (nSPS) is 10.4. The monoisotopic (exact) mass is 360 g/mol. The number of nitrogens with one attached hydrogen (secondary N) is 2. The van der Waals surface area contributed by atoms with Crippen molar-refractivity contribution in [2.24, 2.45) is 0 Å². The summed E-state index contributed by atoms with van der Waals surface area (Å²) in [5, 5.41) is 6.12. The van der Waals surface area contributed by atoms with Crippen molar-refractivity contribution in [2.75, 3.05) is 11.9 Å². The lowest BCUT2D eigenvalue weighted by Crippen LogP contribution is -2.24. The zero-order valence-corrected chi connectivity index (χ0v) is 15.5. The molecule has 0 radical (unpaired) electrons. The molecule has 0 fully saturated rings. The third kappa shape index (κ3) is 5.92. The molecular formula is C22H24N4O. The molecule has 2 N–H and O–H groups in total. The maximum absolute atomic E-state index is 12.4. The van der Waals surface area contributed by atoms with Gasteiger partial charge in [-0.1, -0.05) is 60.7 Å². The Balaban J connectivity index is 1.52. The molecule has 0 aliphatic carbocycles. The van der Waals surface area contributed by atoms with Crippen LogP contribution in [-0.2, 0) is 13.0 Å². The Labute approximate surface area is 159 Å². The lowest BCUT2D eigenvalue weighted by Gasteiger charge is -2.09. The van der Waals surface area contributed by atoms with Gasteiger partial charge in [-0.25, -0.2) is 9.97 Å². The van der Waals surface area contributed by atoms with Gasteiger partial charge >= 0.3 is 0 Å². The van der Waals surface area contributed by atoms with Crippen LogP contribution in [0.5, 0.6) is 0 Å². The summed E-state index contributed by atoms with van der Waals surface area (Å²) in [5.41, 5.74) is 3.51. The van der Waals surface area contributed by atoms with Crippen LogP contribution in [0.2, 0.25) is 0 Å². The highest BCUT2D eigenvalue weighted by molar-refractivity contribution is 5.92. The molecule has 1 heterocycles. The van der Waals surface area contributed by atoms with Crippen molar-refractivity contribution in [1.29, 1.82) is 0 Å². The van der Waals surface area contributed by atoms with Gasteiger partial charge in [0, 0.05) is 18.8 Å². The summed E-state index contributed by atoms with van der Waals surface area (Å²) in [6, 6.07) is 21.9. The fourth-order valence-corrected chi connectivity index (χ4v) is 2.77. The van der Waals surface area contributed by atoms with Crippen LogP contribution in [0.1, 0.15) is 33.7 Å². The Hall–Kier alpha value is -3.21. The van der Waals surface area contributed by atoms with E-state index >= 15 is 0 Å². The van der Waals surface area contributed by atoms with Gasteiger partial charge in [0.25, 0.3) is 5.91 Å². The molecule has 3 aromatic rings. The summed E-state index contributed by atoms with van der Waals surface area (Å²) in [4.78, 5) is 21.1. The molecular weight excluding hydrogens is 336 g/mol. The second-order valence-electron chi connectivity index (χ2n) is 6.40. The topological polar surface area (TPSA) is 66.9 Å². The molecule has 0 saturated heterocycles. The number of amides is 1. The van der Waals surface area contributed by atoms with Crippen LogP contribution in [0.3, 0.4) is 0 Å². The second-order valence-corrected chi connectivity index (χ2v) is 6.40. The molecule has 3 rings (SSSR count). The lowest BCUT2D eigenvalue weighted by molar-refractivity contribution is 0.0945. The van der Waals surface area contributed by atoms with Crippen LogP contribution in [0, 0.1) is 6.92 Å². The molecule has 1 amide bonds. The molecule has 2 aromatic carbocycles.